The second-order valence-corrected chi connectivity index (χ2v) is 6.95. The summed E-state index contributed by atoms with van der Waals surface area (Å²) in [6.07, 6.45) is -2.67. The van der Waals surface area contributed by atoms with Crippen molar-refractivity contribution >= 4 is 23.2 Å². The maximum atomic E-state index is 12.9. The van der Waals surface area contributed by atoms with E-state index in [1.165, 1.54) is 12.1 Å². The van der Waals surface area contributed by atoms with Gasteiger partial charge < -0.3 is 9.30 Å². The Morgan fingerprint density at radius 2 is 1.61 bits per heavy atom. The summed E-state index contributed by atoms with van der Waals surface area (Å²) in [5.41, 5.74) is 2.34. The highest BCUT2D eigenvalue weighted by molar-refractivity contribution is 6.21. The van der Waals surface area contributed by atoms with Gasteiger partial charge in [-0.15, -0.1) is 0 Å². The first-order chi connectivity index (χ1) is 14.8. The third-order valence-corrected chi connectivity index (χ3v) is 4.89. The molecule has 0 bridgehead atoms. The molecule has 31 heavy (non-hydrogen) atoms. The van der Waals surface area contributed by atoms with Gasteiger partial charge in [0, 0.05) is 18.1 Å². The summed E-state index contributed by atoms with van der Waals surface area (Å²) in [4.78, 5) is 22.2. The van der Waals surface area contributed by atoms with Gasteiger partial charge in [-0.25, -0.2) is 4.79 Å². The smallest absolute Gasteiger partial charge is 0.416 e. The number of nitrogens with zero attached hydrogens (tertiary/aromatic N) is 1. The van der Waals surface area contributed by atoms with Crippen molar-refractivity contribution in [3.8, 4) is 16.9 Å². The van der Waals surface area contributed by atoms with E-state index in [9.17, 15) is 22.8 Å². The van der Waals surface area contributed by atoms with Crippen molar-refractivity contribution in [1.29, 1.82) is 0 Å². The van der Waals surface area contributed by atoms with Gasteiger partial charge in [0.1, 0.15) is 0 Å². The topological polar surface area (TPSA) is 48.3 Å². The fraction of sp³-hybridized carbons (Fsp3) is 0.0833. The average molecular weight is 423 g/mol. The minimum atomic E-state index is -4.40. The summed E-state index contributed by atoms with van der Waals surface area (Å²) in [5, 5.41) is 0.613. The normalized spacial score (nSPS) is 11.5. The number of halogens is 3. The van der Waals surface area contributed by atoms with Crippen molar-refractivity contribution in [3.05, 3.63) is 90.1 Å². The van der Waals surface area contributed by atoms with Crippen molar-refractivity contribution in [2.75, 3.05) is 0 Å². The molecule has 0 aliphatic carbocycles. The van der Waals surface area contributed by atoms with E-state index in [2.05, 4.69) is 0 Å². The zero-order chi connectivity index (χ0) is 22.0. The number of carbonyl (C=O) groups is 2. The first-order valence-electron chi connectivity index (χ1n) is 9.36. The van der Waals surface area contributed by atoms with Crippen molar-refractivity contribution in [1.82, 2.24) is 4.57 Å². The lowest BCUT2D eigenvalue weighted by atomic mass is 10.0. The number of hydrogen-bond acceptors (Lipinski definition) is 3. The van der Waals surface area contributed by atoms with Crippen LogP contribution in [-0.4, -0.2) is 16.8 Å². The molecule has 0 amide bonds. The number of carbonyl (C=O) groups excluding carboxylic acids is 2. The summed E-state index contributed by atoms with van der Waals surface area (Å²) in [6, 6.07) is 19.8. The van der Waals surface area contributed by atoms with E-state index in [4.69, 9.17) is 4.74 Å². The van der Waals surface area contributed by atoms with Crippen molar-refractivity contribution in [3.63, 3.8) is 0 Å². The molecule has 1 aromatic heterocycles. The van der Waals surface area contributed by atoms with Crippen LogP contribution in [0.25, 0.3) is 22.0 Å². The summed E-state index contributed by atoms with van der Waals surface area (Å²) in [5.74, 6) is -0.771. The van der Waals surface area contributed by atoms with Crippen LogP contribution in [0.15, 0.2) is 79.0 Å². The molecule has 1 heterocycles. The monoisotopic (exact) mass is 423 g/mol. The molecule has 0 saturated heterocycles. The van der Waals surface area contributed by atoms with Gasteiger partial charge in [-0.3, -0.25) is 4.79 Å². The lowest BCUT2D eigenvalue weighted by Crippen LogP contribution is -2.08. The van der Waals surface area contributed by atoms with Crippen LogP contribution in [-0.2, 0) is 22.3 Å². The Hall–Kier alpha value is -3.87. The Morgan fingerprint density at radius 1 is 0.935 bits per heavy atom. The minimum Gasteiger partial charge on any atom is -0.419 e. The second-order valence-electron chi connectivity index (χ2n) is 6.95. The fourth-order valence-corrected chi connectivity index (χ4v) is 3.41. The number of fused-ring (bicyclic) bond motifs is 1. The Bertz CT molecular complexity index is 1240. The number of aromatic nitrogens is 1. The van der Waals surface area contributed by atoms with Gasteiger partial charge in [0.15, 0.2) is 5.75 Å². The fourth-order valence-electron chi connectivity index (χ4n) is 3.41. The lowest BCUT2D eigenvalue weighted by Gasteiger charge is -2.09. The molecule has 7 heteroatoms. The minimum absolute atomic E-state index is 0.0942. The predicted octanol–water partition coefficient (Wildman–Crippen LogP) is 5.48. The molecule has 0 atom stereocenters. The first-order valence-corrected chi connectivity index (χ1v) is 9.36. The molecule has 0 aliphatic heterocycles. The van der Waals surface area contributed by atoms with Gasteiger partial charge in [-0.05, 0) is 41.0 Å². The molecular formula is C24H16F3NO3. The van der Waals surface area contributed by atoms with Gasteiger partial charge in [0.25, 0.3) is 0 Å². The summed E-state index contributed by atoms with van der Waals surface area (Å²) < 4.78 is 45.6. The van der Waals surface area contributed by atoms with E-state index in [1.807, 2.05) is 41.0 Å². The molecule has 4 rings (SSSR count). The van der Waals surface area contributed by atoms with Crippen molar-refractivity contribution in [2.24, 2.45) is 0 Å². The lowest BCUT2D eigenvalue weighted by molar-refractivity contribution is -0.141. The molecule has 4 aromatic rings. The zero-order valence-electron chi connectivity index (χ0n) is 16.1. The number of rotatable bonds is 5. The standard InChI is InChI=1S/C24H16F3NO3/c25-24(26,27)19-9-6-17(7-10-19)18-8-11-20-21(12-18)28(13-16-4-2-1-3-5-16)14-22(20)31-23(30)15-29/h1-12,14-15H,13H2. The largest absolute Gasteiger partial charge is 0.419 e. The van der Waals surface area contributed by atoms with Gasteiger partial charge in [0.05, 0.1) is 11.1 Å². The summed E-state index contributed by atoms with van der Waals surface area (Å²) in [6.45, 7) is 0.479. The van der Waals surface area contributed by atoms with E-state index in [0.29, 0.717) is 23.1 Å². The molecule has 0 fully saturated rings. The Balaban J connectivity index is 1.78. The highest BCUT2D eigenvalue weighted by Crippen LogP contribution is 2.34. The molecule has 156 valence electrons. The molecule has 3 aromatic carbocycles. The Morgan fingerprint density at radius 3 is 2.26 bits per heavy atom. The average Bonchev–Trinajstić information content (AvgIpc) is 3.10. The molecule has 0 unspecified atom stereocenters. The van der Waals surface area contributed by atoms with Crippen LogP contribution in [0, 0.1) is 0 Å². The van der Waals surface area contributed by atoms with Gasteiger partial charge in [0.2, 0.25) is 6.29 Å². The van der Waals surface area contributed by atoms with Crippen LogP contribution in [0.3, 0.4) is 0 Å². The predicted molar refractivity (Wildman–Crippen MR) is 110 cm³/mol. The van der Waals surface area contributed by atoms with Crippen LogP contribution >= 0.6 is 0 Å². The van der Waals surface area contributed by atoms with E-state index in [-0.39, 0.29) is 12.0 Å². The molecule has 0 saturated carbocycles. The van der Waals surface area contributed by atoms with Crippen LogP contribution < -0.4 is 4.74 Å². The SMILES string of the molecule is O=CC(=O)Oc1cn(Cc2ccccc2)c2cc(-c3ccc(C(F)(F)F)cc3)ccc12. The number of benzene rings is 3. The summed E-state index contributed by atoms with van der Waals surface area (Å²) >= 11 is 0. The van der Waals surface area contributed by atoms with Crippen molar-refractivity contribution < 1.29 is 27.5 Å². The quantitative estimate of drug-likeness (QED) is 0.243. The first kappa shape index (κ1) is 20.4. The third-order valence-electron chi connectivity index (χ3n) is 4.89. The van der Waals surface area contributed by atoms with Crippen LogP contribution in [0.1, 0.15) is 11.1 Å². The van der Waals surface area contributed by atoms with Crippen LogP contribution in [0.4, 0.5) is 13.2 Å². The highest BCUT2D eigenvalue weighted by Gasteiger charge is 2.30. The van der Waals surface area contributed by atoms with Gasteiger partial charge in [-0.1, -0.05) is 48.5 Å². The van der Waals surface area contributed by atoms with Crippen LogP contribution in [0.2, 0.25) is 0 Å². The van der Waals surface area contributed by atoms with Crippen molar-refractivity contribution in [2.45, 2.75) is 12.7 Å². The zero-order valence-corrected chi connectivity index (χ0v) is 16.1. The molecule has 0 N–H and O–H groups in total. The van der Waals surface area contributed by atoms with E-state index in [0.717, 1.165) is 23.2 Å². The Labute approximate surface area is 175 Å². The van der Waals surface area contributed by atoms with E-state index >= 15 is 0 Å². The maximum Gasteiger partial charge on any atom is 0.416 e. The van der Waals surface area contributed by atoms with Crippen LogP contribution in [0.5, 0.6) is 5.75 Å². The number of ether oxygens (including phenoxy) is 1. The molecular weight excluding hydrogens is 407 g/mol. The third kappa shape index (κ3) is 4.35. The maximum absolute atomic E-state index is 12.9. The molecule has 0 spiro atoms. The number of hydrogen-bond donors (Lipinski definition) is 0. The Kier molecular flexibility index (Phi) is 5.33. The molecule has 0 aliphatic rings. The number of alkyl halides is 3. The number of aldehydes is 1. The van der Waals surface area contributed by atoms with Gasteiger partial charge in [-0.2, -0.15) is 13.2 Å². The summed E-state index contributed by atoms with van der Waals surface area (Å²) in [7, 11) is 0. The van der Waals surface area contributed by atoms with E-state index < -0.39 is 17.7 Å². The number of esters is 1. The molecule has 4 nitrogen and oxygen atoms in total. The second kappa shape index (κ2) is 8.10. The molecule has 0 radical (unpaired) electrons. The van der Waals surface area contributed by atoms with E-state index in [1.54, 1.807) is 18.3 Å². The highest BCUT2D eigenvalue weighted by atomic mass is 19.4. The van der Waals surface area contributed by atoms with Gasteiger partial charge >= 0.3 is 12.1 Å².